The summed E-state index contributed by atoms with van der Waals surface area (Å²) in [4.78, 5) is 0. The molecule has 1 N–H and O–H groups in total. The zero-order chi connectivity index (χ0) is 9.99. The molecule has 1 aliphatic rings. The maximum Gasteiger partial charge on any atom is 0.0839 e. The summed E-state index contributed by atoms with van der Waals surface area (Å²) in [5.74, 6) is 0. The largest absolute Gasteiger partial charge is 0.390 e. The predicted octanol–water partition coefficient (Wildman–Crippen LogP) is 3.33. The fourth-order valence-corrected chi connectivity index (χ4v) is 4.25. The van der Waals surface area contributed by atoms with E-state index in [4.69, 9.17) is 0 Å². The standard InChI is InChI=1S/C7H14OS2.C2H6/c1-6(2)5(8)7(3,4)10-9-6;1-2/h5,8H,1-4H3;1-2H3. The molecule has 0 aromatic heterocycles. The molecule has 1 aliphatic heterocycles. The molecule has 12 heavy (non-hydrogen) atoms. The van der Waals surface area contributed by atoms with Crippen LogP contribution in [-0.2, 0) is 0 Å². The van der Waals surface area contributed by atoms with Crippen molar-refractivity contribution in [3.63, 3.8) is 0 Å². The molecule has 0 amide bonds. The van der Waals surface area contributed by atoms with E-state index in [0.29, 0.717) is 0 Å². The van der Waals surface area contributed by atoms with Crippen LogP contribution in [0.25, 0.3) is 0 Å². The zero-order valence-electron chi connectivity index (χ0n) is 8.84. The molecule has 0 aromatic rings. The first-order valence-electron chi connectivity index (χ1n) is 4.41. The molecule has 1 heterocycles. The molecule has 1 rings (SSSR count). The summed E-state index contributed by atoms with van der Waals surface area (Å²) in [6, 6.07) is 0. The van der Waals surface area contributed by atoms with E-state index in [1.807, 2.05) is 13.8 Å². The van der Waals surface area contributed by atoms with Crippen molar-refractivity contribution in [2.45, 2.75) is 57.1 Å². The van der Waals surface area contributed by atoms with E-state index in [-0.39, 0.29) is 15.6 Å². The molecule has 1 nitrogen and oxygen atoms in total. The zero-order valence-corrected chi connectivity index (χ0v) is 10.5. The lowest BCUT2D eigenvalue weighted by molar-refractivity contribution is 0.116. The Labute approximate surface area is 84.1 Å². The fourth-order valence-electron chi connectivity index (χ4n) is 1.14. The Morgan fingerprint density at radius 2 is 1.17 bits per heavy atom. The number of hydrogen-bond donors (Lipinski definition) is 1. The van der Waals surface area contributed by atoms with Crippen LogP contribution in [0.5, 0.6) is 0 Å². The van der Waals surface area contributed by atoms with Crippen molar-refractivity contribution in [1.82, 2.24) is 0 Å². The Morgan fingerprint density at radius 3 is 1.25 bits per heavy atom. The lowest BCUT2D eigenvalue weighted by Crippen LogP contribution is -2.40. The maximum absolute atomic E-state index is 9.74. The molecule has 0 unspecified atom stereocenters. The third kappa shape index (κ3) is 2.57. The molecule has 0 bridgehead atoms. The van der Waals surface area contributed by atoms with Crippen LogP contribution in [-0.4, -0.2) is 20.7 Å². The summed E-state index contributed by atoms with van der Waals surface area (Å²) in [7, 11) is 3.56. The second kappa shape index (κ2) is 4.25. The van der Waals surface area contributed by atoms with Crippen LogP contribution in [0, 0.1) is 0 Å². The lowest BCUT2D eigenvalue weighted by Gasteiger charge is -2.27. The topological polar surface area (TPSA) is 20.2 Å². The van der Waals surface area contributed by atoms with E-state index >= 15 is 0 Å². The highest BCUT2D eigenvalue weighted by molar-refractivity contribution is 8.78. The van der Waals surface area contributed by atoms with Crippen molar-refractivity contribution >= 4 is 21.6 Å². The first-order valence-corrected chi connectivity index (χ1v) is 6.56. The second-order valence-electron chi connectivity index (χ2n) is 3.78. The SMILES string of the molecule is CC.CC1(C)SSC(C)(C)C1O. The molecule has 0 saturated carbocycles. The first kappa shape index (κ1) is 12.7. The average Bonchev–Trinajstić information content (AvgIpc) is 2.19. The van der Waals surface area contributed by atoms with Crippen LogP contribution >= 0.6 is 21.6 Å². The van der Waals surface area contributed by atoms with Crippen LogP contribution in [0.1, 0.15) is 41.5 Å². The van der Waals surface area contributed by atoms with Gasteiger partial charge in [-0.1, -0.05) is 35.4 Å². The van der Waals surface area contributed by atoms with Gasteiger partial charge in [-0.2, -0.15) is 0 Å². The molecule has 1 fully saturated rings. The van der Waals surface area contributed by atoms with E-state index in [9.17, 15) is 5.11 Å². The number of hydrogen-bond acceptors (Lipinski definition) is 3. The Kier molecular flexibility index (Phi) is 4.48. The molecule has 74 valence electrons. The quantitative estimate of drug-likeness (QED) is 0.617. The van der Waals surface area contributed by atoms with Gasteiger partial charge in [0.25, 0.3) is 0 Å². The molecular weight excluding hydrogens is 188 g/mol. The highest BCUT2D eigenvalue weighted by atomic mass is 33.1. The Bertz CT molecular complexity index is 127. The van der Waals surface area contributed by atoms with Crippen molar-refractivity contribution in [3.05, 3.63) is 0 Å². The van der Waals surface area contributed by atoms with Gasteiger partial charge in [-0.05, 0) is 27.7 Å². The number of aliphatic hydroxyl groups is 1. The van der Waals surface area contributed by atoms with Gasteiger partial charge >= 0.3 is 0 Å². The lowest BCUT2D eigenvalue weighted by atomic mass is 9.95. The van der Waals surface area contributed by atoms with Crippen molar-refractivity contribution in [2.24, 2.45) is 0 Å². The third-order valence-corrected chi connectivity index (χ3v) is 6.00. The van der Waals surface area contributed by atoms with Crippen molar-refractivity contribution in [2.75, 3.05) is 0 Å². The minimum absolute atomic E-state index is 0.0220. The van der Waals surface area contributed by atoms with E-state index < -0.39 is 0 Å². The van der Waals surface area contributed by atoms with Gasteiger partial charge in [0.1, 0.15) is 0 Å². The highest BCUT2D eigenvalue weighted by Gasteiger charge is 2.47. The third-order valence-electron chi connectivity index (χ3n) is 1.79. The maximum atomic E-state index is 9.74. The summed E-state index contributed by atoms with van der Waals surface area (Å²) < 4.78 is 0.0440. The summed E-state index contributed by atoms with van der Waals surface area (Å²) in [6.45, 7) is 12.3. The fraction of sp³-hybridized carbons (Fsp3) is 1.00. The predicted molar refractivity (Wildman–Crippen MR) is 60.7 cm³/mol. The van der Waals surface area contributed by atoms with E-state index in [1.165, 1.54) is 0 Å². The molecule has 3 heteroatoms. The number of rotatable bonds is 0. The van der Waals surface area contributed by atoms with Gasteiger partial charge in [-0.3, -0.25) is 0 Å². The summed E-state index contributed by atoms with van der Waals surface area (Å²) in [5.41, 5.74) is 0. The normalized spacial score (nSPS) is 26.2. The Morgan fingerprint density at radius 1 is 0.917 bits per heavy atom. The molecule has 0 aromatic carbocycles. The molecule has 1 saturated heterocycles. The van der Waals surface area contributed by atoms with E-state index in [0.717, 1.165) is 0 Å². The van der Waals surface area contributed by atoms with Crippen molar-refractivity contribution in [1.29, 1.82) is 0 Å². The van der Waals surface area contributed by atoms with Crippen molar-refractivity contribution < 1.29 is 5.11 Å². The van der Waals surface area contributed by atoms with Crippen LogP contribution in [0.15, 0.2) is 0 Å². The van der Waals surface area contributed by atoms with Crippen LogP contribution in [0.2, 0.25) is 0 Å². The van der Waals surface area contributed by atoms with Gasteiger partial charge in [-0.25, -0.2) is 0 Å². The van der Waals surface area contributed by atoms with Crippen molar-refractivity contribution in [3.8, 4) is 0 Å². The summed E-state index contributed by atoms with van der Waals surface area (Å²) in [6.07, 6.45) is -0.199. The molecule has 0 aliphatic carbocycles. The van der Waals surface area contributed by atoms with Gasteiger partial charge in [0.05, 0.1) is 6.10 Å². The van der Waals surface area contributed by atoms with Crippen LogP contribution in [0.3, 0.4) is 0 Å². The molecule has 0 atom stereocenters. The van der Waals surface area contributed by atoms with E-state index in [1.54, 1.807) is 21.6 Å². The minimum atomic E-state index is -0.199. The monoisotopic (exact) mass is 208 g/mol. The first-order chi connectivity index (χ1) is 5.36. The highest BCUT2D eigenvalue weighted by Crippen LogP contribution is 2.56. The molecular formula is C9H20OS2. The number of aliphatic hydroxyl groups excluding tert-OH is 1. The summed E-state index contributed by atoms with van der Waals surface area (Å²) >= 11 is 0. The summed E-state index contributed by atoms with van der Waals surface area (Å²) in [5, 5.41) is 9.74. The molecule has 0 spiro atoms. The smallest absolute Gasteiger partial charge is 0.0839 e. The van der Waals surface area contributed by atoms with Crippen LogP contribution in [0.4, 0.5) is 0 Å². The average molecular weight is 208 g/mol. The van der Waals surface area contributed by atoms with Crippen LogP contribution < -0.4 is 0 Å². The Balaban J connectivity index is 0.000000561. The van der Waals surface area contributed by atoms with Gasteiger partial charge < -0.3 is 5.11 Å². The van der Waals surface area contributed by atoms with Gasteiger partial charge in [0.15, 0.2) is 0 Å². The minimum Gasteiger partial charge on any atom is -0.390 e. The van der Waals surface area contributed by atoms with E-state index in [2.05, 4.69) is 27.7 Å². The van der Waals surface area contributed by atoms with Gasteiger partial charge in [0, 0.05) is 9.49 Å². The second-order valence-corrected chi connectivity index (χ2v) is 7.21. The van der Waals surface area contributed by atoms with Gasteiger partial charge in [0.2, 0.25) is 0 Å². The van der Waals surface area contributed by atoms with Gasteiger partial charge in [-0.15, -0.1) is 0 Å². The molecule has 0 radical (unpaired) electrons. The Hall–Kier alpha value is 0.660.